The summed E-state index contributed by atoms with van der Waals surface area (Å²) in [7, 11) is 1.95. The van der Waals surface area contributed by atoms with Crippen LogP contribution in [0, 0.1) is 5.82 Å². The lowest BCUT2D eigenvalue weighted by atomic mass is 10.1. The third kappa shape index (κ3) is 0.710. The summed E-state index contributed by atoms with van der Waals surface area (Å²) in [5.74, 6) is 1.37. The lowest BCUT2D eigenvalue weighted by Crippen LogP contribution is -1.97. The number of nitrogens with zero attached hydrogens (tertiary/aromatic N) is 1. The highest BCUT2D eigenvalue weighted by atomic mass is 19.1. The molecule has 0 radical (unpaired) electrons. The molecule has 1 aliphatic rings. The highest BCUT2D eigenvalue weighted by Crippen LogP contribution is 2.49. The van der Waals surface area contributed by atoms with Crippen molar-refractivity contribution in [2.75, 3.05) is 0 Å². The van der Waals surface area contributed by atoms with Gasteiger partial charge in [0.1, 0.15) is 11.6 Å². The average Bonchev–Trinajstić information content (AvgIpc) is 2.35. The second-order valence-corrected chi connectivity index (χ2v) is 3.59. The Labute approximate surface area is 80.9 Å². The Balaban J connectivity index is 2.48. The van der Waals surface area contributed by atoms with Gasteiger partial charge in [-0.1, -0.05) is 6.92 Å². The van der Waals surface area contributed by atoms with Crippen LogP contribution in [0.4, 0.5) is 4.39 Å². The smallest absolute Gasteiger partial charge is 0.159 e. The monoisotopic (exact) mass is 191 g/mol. The Morgan fingerprint density at radius 2 is 2.21 bits per heavy atom. The van der Waals surface area contributed by atoms with E-state index in [2.05, 4.69) is 6.92 Å². The molecule has 0 saturated carbocycles. The fraction of sp³-hybridized carbons (Fsp3) is 0.273. The fourth-order valence-corrected chi connectivity index (χ4v) is 2.15. The van der Waals surface area contributed by atoms with Crippen LogP contribution in [0.1, 0.15) is 12.6 Å². The van der Waals surface area contributed by atoms with Gasteiger partial charge in [0.25, 0.3) is 0 Å². The molecule has 0 bridgehead atoms. The molecule has 2 aromatic rings. The first-order valence-electron chi connectivity index (χ1n) is 4.71. The number of rotatable bonds is 1. The van der Waals surface area contributed by atoms with Crippen LogP contribution in [0.25, 0.3) is 10.9 Å². The minimum absolute atomic E-state index is 0.234. The number of ether oxygens (including phenoxy) is 1. The van der Waals surface area contributed by atoms with Gasteiger partial charge in [0, 0.05) is 13.1 Å². The van der Waals surface area contributed by atoms with Crippen molar-refractivity contribution in [2.24, 2.45) is 7.05 Å². The van der Waals surface area contributed by atoms with Crippen molar-refractivity contribution in [3.63, 3.8) is 0 Å². The number of aromatic nitrogens is 1. The Kier molecular flexibility index (Phi) is 1.29. The number of aryl methyl sites for hydroxylation is 1. The van der Waals surface area contributed by atoms with Gasteiger partial charge in [-0.25, -0.2) is 4.39 Å². The molecule has 0 atom stereocenters. The lowest BCUT2D eigenvalue weighted by Gasteiger charge is -2.16. The second kappa shape index (κ2) is 2.29. The summed E-state index contributed by atoms with van der Waals surface area (Å²) < 4.78 is 20.6. The predicted molar refractivity (Wildman–Crippen MR) is 52.3 cm³/mol. The first kappa shape index (κ1) is 7.85. The standard InChI is InChI=1S/C11H10FNO/c1-3-7-11-10-8(13(7)2)4-6(12)5-9(10)14-11/h4-5H,3H2,1-2H3. The molecule has 0 fully saturated rings. The van der Waals surface area contributed by atoms with Gasteiger partial charge in [0.05, 0.1) is 16.6 Å². The summed E-state index contributed by atoms with van der Waals surface area (Å²) in [5, 5.41) is 1.07. The number of benzene rings is 1. The van der Waals surface area contributed by atoms with Gasteiger partial charge < -0.3 is 9.30 Å². The molecule has 1 aromatic carbocycles. The second-order valence-electron chi connectivity index (χ2n) is 3.59. The summed E-state index contributed by atoms with van der Waals surface area (Å²) >= 11 is 0. The zero-order valence-corrected chi connectivity index (χ0v) is 8.10. The molecule has 0 aliphatic carbocycles. The van der Waals surface area contributed by atoms with E-state index in [1.165, 1.54) is 6.07 Å². The van der Waals surface area contributed by atoms with E-state index in [0.29, 0.717) is 5.75 Å². The van der Waals surface area contributed by atoms with Crippen LogP contribution in [-0.2, 0) is 13.5 Å². The molecular weight excluding hydrogens is 181 g/mol. The van der Waals surface area contributed by atoms with Crippen molar-refractivity contribution < 1.29 is 9.13 Å². The molecule has 3 heteroatoms. The summed E-state index contributed by atoms with van der Waals surface area (Å²) in [6.07, 6.45) is 0.904. The molecule has 3 rings (SSSR count). The lowest BCUT2D eigenvalue weighted by molar-refractivity contribution is 0.451. The van der Waals surface area contributed by atoms with E-state index in [4.69, 9.17) is 4.74 Å². The first-order valence-corrected chi connectivity index (χ1v) is 4.71. The van der Waals surface area contributed by atoms with Crippen LogP contribution in [0.2, 0.25) is 0 Å². The first-order chi connectivity index (χ1) is 6.72. The van der Waals surface area contributed by atoms with E-state index in [1.807, 2.05) is 11.6 Å². The highest BCUT2D eigenvalue weighted by Gasteiger charge is 2.27. The van der Waals surface area contributed by atoms with Crippen LogP contribution in [0.3, 0.4) is 0 Å². The molecule has 0 N–H and O–H groups in total. The number of hydrogen-bond acceptors (Lipinski definition) is 1. The molecule has 2 nitrogen and oxygen atoms in total. The van der Waals surface area contributed by atoms with Gasteiger partial charge in [0.2, 0.25) is 0 Å². The molecule has 2 heterocycles. The van der Waals surface area contributed by atoms with Crippen LogP contribution >= 0.6 is 0 Å². The molecule has 14 heavy (non-hydrogen) atoms. The normalized spacial score (nSPS) is 12.8. The fourth-order valence-electron chi connectivity index (χ4n) is 2.15. The van der Waals surface area contributed by atoms with Crippen molar-refractivity contribution >= 4 is 10.9 Å². The number of hydrogen-bond donors (Lipinski definition) is 0. The quantitative estimate of drug-likeness (QED) is 0.576. The molecule has 72 valence electrons. The maximum Gasteiger partial charge on any atom is 0.159 e. The van der Waals surface area contributed by atoms with Crippen LogP contribution in [-0.4, -0.2) is 4.57 Å². The zero-order chi connectivity index (χ0) is 9.87. The summed E-state index contributed by atoms with van der Waals surface area (Å²) in [6.45, 7) is 2.07. The third-order valence-electron chi connectivity index (χ3n) is 2.85. The predicted octanol–water partition coefficient (Wildman–Crippen LogP) is 2.99. The van der Waals surface area contributed by atoms with Crippen LogP contribution in [0.5, 0.6) is 11.5 Å². The van der Waals surface area contributed by atoms with Gasteiger partial charge in [-0.3, -0.25) is 0 Å². The number of halogens is 1. The summed E-state index contributed by atoms with van der Waals surface area (Å²) in [6, 6.07) is 3.00. The van der Waals surface area contributed by atoms with E-state index in [-0.39, 0.29) is 5.82 Å². The Morgan fingerprint density at radius 3 is 2.93 bits per heavy atom. The zero-order valence-electron chi connectivity index (χ0n) is 8.10. The van der Waals surface area contributed by atoms with Crippen molar-refractivity contribution in [1.29, 1.82) is 0 Å². The highest BCUT2D eigenvalue weighted by molar-refractivity contribution is 5.99. The van der Waals surface area contributed by atoms with E-state index >= 15 is 0 Å². The van der Waals surface area contributed by atoms with E-state index in [1.54, 1.807) is 6.07 Å². The Bertz CT molecular complexity index is 542. The van der Waals surface area contributed by atoms with Crippen molar-refractivity contribution in [1.82, 2.24) is 4.57 Å². The van der Waals surface area contributed by atoms with Crippen molar-refractivity contribution in [2.45, 2.75) is 13.3 Å². The minimum Gasteiger partial charge on any atom is -0.454 e. The van der Waals surface area contributed by atoms with E-state index in [9.17, 15) is 4.39 Å². The molecular formula is C11H10FNO. The maximum absolute atomic E-state index is 13.1. The van der Waals surface area contributed by atoms with Gasteiger partial charge in [-0.15, -0.1) is 0 Å². The molecule has 0 spiro atoms. The molecule has 0 saturated heterocycles. The van der Waals surface area contributed by atoms with Crippen LogP contribution in [0.15, 0.2) is 12.1 Å². The van der Waals surface area contributed by atoms with E-state index < -0.39 is 0 Å². The third-order valence-corrected chi connectivity index (χ3v) is 2.85. The van der Waals surface area contributed by atoms with Gasteiger partial charge in [0.15, 0.2) is 5.75 Å². The SMILES string of the molecule is CCc1c2c3c(cc(F)cc3n1C)O2. The molecule has 1 aliphatic heterocycles. The topological polar surface area (TPSA) is 14.2 Å². The minimum atomic E-state index is -0.234. The summed E-state index contributed by atoms with van der Waals surface area (Å²) in [4.78, 5) is 0. The van der Waals surface area contributed by atoms with Gasteiger partial charge in [-0.05, 0) is 12.5 Å². The Hall–Kier alpha value is -1.51. The molecule has 0 amide bonds. The van der Waals surface area contributed by atoms with Crippen molar-refractivity contribution in [3.05, 3.63) is 23.6 Å². The van der Waals surface area contributed by atoms with Crippen LogP contribution < -0.4 is 4.74 Å². The molecule has 1 aromatic heterocycles. The largest absolute Gasteiger partial charge is 0.454 e. The van der Waals surface area contributed by atoms with Gasteiger partial charge in [-0.2, -0.15) is 0 Å². The van der Waals surface area contributed by atoms with E-state index in [0.717, 1.165) is 28.8 Å². The van der Waals surface area contributed by atoms with Gasteiger partial charge >= 0.3 is 0 Å². The summed E-state index contributed by atoms with van der Waals surface area (Å²) in [5.41, 5.74) is 2.07. The average molecular weight is 191 g/mol. The maximum atomic E-state index is 13.1. The van der Waals surface area contributed by atoms with Crippen molar-refractivity contribution in [3.8, 4) is 11.5 Å². The molecule has 0 unspecified atom stereocenters. The Morgan fingerprint density at radius 1 is 1.43 bits per heavy atom.